The summed E-state index contributed by atoms with van der Waals surface area (Å²) in [6.07, 6.45) is 0. The molecule has 0 bridgehead atoms. The number of fused-ring (bicyclic) bond motifs is 1. The SMILES string of the molecule is COCCOC(=O)C1=C(C)NC(=S)N[C@H]1c1c(OC)ccc2ccccc12. The van der Waals surface area contributed by atoms with Gasteiger partial charge in [0.15, 0.2) is 5.11 Å². The topological polar surface area (TPSA) is 68.8 Å². The lowest BCUT2D eigenvalue weighted by atomic mass is 9.90. The smallest absolute Gasteiger partial charge is 0.338 e. The third-order valence-corrected chi connectivity index (χ3v) is 4.67. The van der Waals surface area contributed by atoms with Gasteiger partial charge in [-0.2, -0.15) is 0 Å². The fourth-order valence-corrected chi connectivity index (χ4v) is 3.50. The number of esters is 1. The van der Waals surface area contributed by atoms with Gasteiger partial charge >= 0.3 is 5.97 Å². The zero-order chi connectivity index (χ0) is 19.4. The van der Waals surface area contributed by atoms with E-state index in [2.05, 4.69) is 10.6 Å². The highest BCUT2D eigenvalue weighted by atomic mass is 32.1. The van der Waals surface area contributed by atoms with Crippen LogP contribution in [-0.2, 0) is 14.3 Å². The van der Waals surface area contributed by atoms with E-state index in [0.717, 1.165) is 16.3 Å². The summed E-state index contributed by atoms with van der Waals surface area (Å²) in [4.78, 5) is 12.8. The Morgan fingerprint density at radius 2 is 1.93 bits per heavy atom. The normalized spacial score (nSPS) is 16.7. The minimum absolute atomic E-state index is 0.177. The number of benzene rings is 2. The summed E-state index contributed by atoms with van der Waals surface area (Å²) in [6.45, 7) is 2.32. The van der Waals surface area contributed by atoms with Crippen LogP contribution in [0.25, 0.3) is 10.8 Å². The van der Waals surface area contributed by atoms with Crippen molar-refractivity contribution < 1.29 is 19.0 Å². The molecule has 2 aromatic carbocycles. The fourth-order valence-electron chi connectivity index (χ4n) is 3.23. The second kappa shape index (κ2) is 8.37. The van der Waals surface area contributed by atoms with Crippen molar-refractivity contribution in [2.45, 2.75) is 13.0 Å². The van der Waals surface area contributed by atoms with Gasteiger partial charge in [0.25, 0.3) is 0 Å². The molecule has 0 saturated heterocycles. The average Bonchev–Trinajstić information content (AvgIpc) is 2.66. The van der Waals surface area contributed by atoms with Crippen LogP contribution in [0.4, 0.5) is 0 Å². The van der Waals surface area contributed by atoms with E-state index in [4.69, 9.17) is 26.4 Å². The Kier molecular flexibility index (Phi) is 5.93. The molecule has 2 N–H and O–H groups in total. The molecule has 0 aliphatic carbocycles. The first-order valence-electron chi connectivity index (χ1n) is 8.56. The zero-order valence-electron chi connectivity index (χ0n) is 15.5. The van der Waals surface area contributed by atoms with E-state index in [1.165, 1.54) is 0 Å². The lowest BCUT2D eigenvalue weighted by Crippen LogP contribution is -2.45. The van der Waals surface area contributed by atoms with Crippen LogP contribution in [0.3, 0.4) is 0 Å². The number of carbonyl (C=O) groups excluding carboxylic acids is 1. The van der Waals surface area contributed by atoms with E-state index in [9.17, 15) is 4.79 Å². The molecular weight excluding hydrogens is 364 g/mol. The van der Waals surface area contributed by atoms with Gasteiger partial charge < -0.3 is 24.8 Å². The van der Waals surface area contributed by atoms with Gasteiger partial charge in [-0.15, -0.1) is 0 Å². The van der Waals surface area contributed by atoms with E-state index in [-0.39, 0.29) is 6.61 Å². The molecule has 0 radical (unpaired) electrons. The molecule has 0 spiro atoms. The number of rotatable bonds is 6. The molecule has 0 unspecified atom stereocenters. The molecule has 6 nitrogen and oxygen atoms in total. The third kappa shape index (κ3) is 3.89. The van der Waals surface area contributed by atoms with Crippen molar-refractivity contribution in [3.8, 4) is 5.75 Å². The van der Waals surface area contributed by atoms with Gasteiger partial charge in [-0.3, -0.25) is 0 Å². The third-order valence-electron chi connectivity index (χ3n) is 4.45. The Morgan fingerprint density at radius 1 is 1.15 bits per heavy atom. The molecule has 0 amide bonds. The summed E-state index contributed by atoms with van der Waals surface area (Å²) in [7, 11) is 3.17. The Morgan fingerprint density at radius 3 is 2.67 bits per heavy atom. The summed E-state index contributed by atoms with van der Waals surface area (Å²) < 4.78 is 15.9. The summed E-state index contributed by atoms with van der Waals surface area (Å²) in [6, 6.07) is 11.3. The predicted molar refractivity (Wildman–Crippen MR) is 108 cm³/mol. The first-order valence-corrected chi connectivity index (χ1v) is 8.97. The fraction of sp³-hybridized carbons (Fsp3) is 0.300. The average molecular weight is 386 g/mol. The van der Waals surface area contributed by atoms with Crippen LogP contribution in [0.2, 0.25) is 0 Å². The number of ether oxygens (including phenoxy) is 3. The molecule has 0 fully saturated rings. The number of thiocarbonyl (C=S) groups is 1. The maximum Gasteiger partial charge on any atom is 0.338 e. The Bertz CT molecular complexity index is 910. The van der Waals surface area contributed by atoms with E-state index in [0.29, 0.717) is 28.7 Å². The molecule has 2 aromatic rings. The number of hydrogen-bond acceptors (Lipinski definition) is 5. The first-order chi connectivity index (χ1) is 13.1. The maximum atomic E-state index is 12.8. The number of allylic oxidation sites excluding steroid dienone is 1. The predicted octanol–water partition coefficient (Wildman–Crippen LogP) is 2.83. The van der Waals surface area contributed by atoms with Gasteiger partial charge in [0.2, 0.25) is 0 Å². The quantitative estimate of drug-likeness (QED) is 0.449. The standard InChI is InChI=1S/C20H22N2O4S/c1-12-16(19(23)26-11-10-24-2)18(22-20(27)21-12)17-14-7-5-4-6-13(14)8-9-15(17)25-3/h4-9,18H,10-11H2,1-3H3,(H2,21,22,27)/t18-/m1/s1. The van der Waals surface area contributed by atoms with Crippen LogP contribution >= 0.6 is 12.2 Å². The summed E-state index contributed by atoms with van der Waals surface area (Å²) in [5.41, 5.74) is 1.97. The molecule has 0 saturated carbocycles. The van der Waals surface area contributed by atoms with Crippen molar-refractivity contribution in [2.75, 3.05) is 27.4 Å². The van der Waals surface area contributed by atoms with E-state index < -0.39 is 12.0 Å². The summed E-state index contributed by atoms with van der Waals surface area (Å²) in [5.74, 6) is 0.248. The minimum Gasteiger partial charge on any atom is -0.496 e. The van der Waals surface area contributed by atoms with Crippen molar-refractivity contribution in [1.82, 2.24) is 10.6 Å². The van der Waals surface area contributed by atoms with Gasteiger partial charge in [0.1, 0.15) is 12.4 Å². The molecule has 1 atom stereocenters. The largest absolute Gasteiger partial charge is 0.496 e. The van der Waals surface area contributed by atoms with Gasteiger partial charge in [0.05, 0.1) is 25.3 Å². The Balaban J connectivity index is 2.13. The van der Waals surface area contributed by atoms with Gasteiger partial charge in [-0.05, 0) is 36.0 Å². The highest BCUT2D eigenvalue weighted by Crippen LogP contribution is 2.38. The molecule has 1 heterocycles. The molecule has 1 aliphatic rings. The van der Waals surface area contributed by atoms with Crippen molar-refractivity contribution >= 4 is 34.1 Å². The first kappa shape index (κ1) is 19.1. The highest BCUT2D eigenvalue weighted by Gasteiger charge is 2.33. The molecule has 7 heteroatoms. The van der Waals surface area contributed by atoms with Crippen LogP contribution < -0.4 is 15.4 Å². The molecule has 3 rings (SSSR count). The van der Waals surface area contributed by atoms with Crippen LogP contribution in [0.5, 0.6) is 5.75 Å². The second-order valence-corrected chi connectivity index (χ2v) is 6.51. The number of carbonyl (C=O) groups is 1. The van der Waals surface area contributed by atoms with Crippen LogP contribution in [0.1, 0.15) is 18.5 Å². The van der Waals surface area contributed by atoms with Gasteiger partial charge in [-0.25, -0.2) is 4.79 Å². The van der Waals surface area contributed by atoms with Crippen LogP contribution in [0, 0.1) is 0 Å². The van der Waals surface area contributed by atoms with Gasteiger partial charge in [0, 0.05) is 18.4 Å². The van der Waals surface area contributed by atoms with Crippen LogP contribution in [-0.4, -0.2) is 38.5 Å². The maximum absolute atomic E-state index is 12.8. The Hall–Kier alpha value is -2.64. The number of nitrogens with one attached hydrogen (secondary N) is 2. The van der Waals surface area contributed by atoms with Crippen molar-refractivity contribution in [2.24, 2.45) is 0 Å². The van der Waals surface area contributed by atoms with Crippen LogP contribution in [0.15, 0.2) is 47.7 Å². The lowest BCUT2D eigenvalue weighted by molar-refractivity contribution is -0.140. The lowest BCUT2D eigenvalue weighted by Gasteiger charge is -2.31. The van der Waals surface area contributed by atoms with E-state index in [1.54, 1.807) is 14.2 Å². The van der Waals surface area contributed by atoms with E-state index >= 15 is 0 Å². The molecular formula is C20H22N2O4S. The minimum atomic E-state index is -0.491. The van der Waals surface area contributed by atoms with Crippen molar-refractivity contribution in [1.29, 1.82) is 0 Å². The zero-order valence-corrected chi connectivity index (χ0v) is 16.3. The van der Waals surface area contributed by atoms with Gasteiger partial charge in [-0.1, -0.05) is 30.3 Å². The summed E-state index contributed by atoms with van der Waals surface area (Å²) in [5, 5.41) is 8.69. The molecule has 0 aromatic heterocycles. The Labute approximate surface area is 163 Å². The molecule has 27 heavy (non-hydrogen) atoms. The number of methoxy groups -OCH3 is 2. The molecule has 142 valence electrons. The van der Waals surface area contributed by atoms with Crippen molar-refractivity contribution in [3.63, 3.8) is 0 Å². The van der Waals surface area contributed by atoms with Crippen molar-refractivity contribution in [3.05, 3.63) is 53.2 Å². The highest BCUT2D eigenvalue weighted by molar-refractivity contribution is 7.80. The second-order valence-electron chi connectivity index (χ2n) is 6.10. The summed E-state index contributed by atoms with van der Waals surface area (Å²) >= 11 is 5.34. The van der Waals surface area contributed by atoms with E-state index in [1.807, 2.05) is 43.3 Å². The monoisotopic (exact) mass is 386 g/mol. The number of hydrogen-bond donors (Lipinski definition) is 2. The molecule has 1 aliphatic heterocycles.